The summed E-state index contributed by atoms with van der Waals surface area (Å²) in [4.78, 5) is 22.8. The lowest BCUT2D eigenvalue weighted by Gasteiger charge is -2.40. The Balaban J connectivity index is 1.93. The standard InChI is InChI=1S/C16H19NO3/c1-9-6-12-5-4-11-3-2-10(8-14(18)19)7-13(11)15(12)17-16(9)20/h2-3,7,9,12,15H,4-6,8H2,1H3,(H,17,20)(H,18,19)/t9-,12+,15-/m0/s1. The average molecular weight is 273 g/mol. The van der Waals surface area contributed by atoms with Crippen LogP contribution in [0.1, 0.15) is 42.5 Å². The number of carbonyl (C=O) groups excluding carboxylic acids is 1. The monoisotopic (exact) mass is 273 g/mol. The van der Waals surface area contributed by atoms with Gasteiger partial charge in [0.15, 0.2) is 0 Å². The highest BCUT2D eigenvalue weighted by molar-refractivity contribution is 5.80. The van der Waals surface area contributed by atoms with Gasteiger partial charge in [0.05, 0.1) is 12.5 Å². The van der Waals surface area contributed by atoms with Crippen molar-refractivity contribution in [2.45, 2.75) is 38.6 Å². The fraction of sp³-hybridized carbons (Fsp3) is 0.500. The third kappa shape index (κ3) is 2.30. The van der Waals surface area contributed by atoms with Gasteiger partial charge >= 0.3 is 5.97 Å². The second kappa shape index (κ2) is 4.93. The molecule has 20 heavy (non-hydrogen) atoms. The Morgan fingerprint density at radius 2 is 2.25 bits per heavy atom. The molecular weight excluding hydrogens is 254 g/mol. The van der Waals surface area contributed by atoms with Gasteiger partial charge in [0.1, 0.15) is 0 Å². The first-order valence-corrected chi connectivity index (χ1v) is 7.18. The average Bonchev–Trinajstić information content (AvgIpc) is 2.39. The van der Waals surface area contributed by atoms with Crippen LogP contribution in [0.25, 0.3) is 0 Å². The largest absolute Gasteiger partial charge is 0.481 e. The lowest BCUT2D eigenvalue weighted by molar-refractivity contribution is -0.136. The van der Waals surface area contributed by atoms with Crippen molar-refractivity contribution in [1.82, 2.24) is 5.32 Å². The molecule has 0 bridgehead atoms. The van der Waals surface area contributed by atoms with Gasteiger partial charge in [-0.05, 0) is 41.9 Å². The Morgan fingerprint density at radius 1 is 1.45 bits per heavy atom. The van der Waals surface area contributed by atoms with Gasteiger partial charge in [-0.1, -0.05) is 25.1 Å². The molecule has 1 aromatic carbocycles. The number of piperidine rings is 1. The SMILES string of the molecule is C[C@H]1C[C@H]2CCc3ccc(CC(=O)O)cc3[C@H]2NC1=O. The van der Waals surface area contributed by atoms with Crippen LogP contribution in [0.5, 0.6) is 0 Å². The summed E-state index contributed by atoms with van der Waals surface area (Å²) in [6, 6.07) is 5.95. The molecule has 1 aliphatic heterocycles. The van der Waals surface area contributed by atoms with Gasteiger partial charge in [-0.3, -0.25) is 9.59 Å². The quantitative estimate of drug-likeness (QED) is 0.867. The molecule has 1 aliphatic carbocycles. The predicted octanol–water partition coefficient (Wildman–Crippen LogP) is 2.07. The number of hydrogen-bond acceptors (Lipinski definition) is 2. The minimum Gasteiger partial charge on any atom is -0.481 e. The number of carboxylic acid groups (broad SMARTS) is 1. The van der Waals surface area contributed by atoms with Crippen molar-refractivity contribution in [2.75, 3.05) is 0 Å². The van der Waals surface area contributed by atoms with Crippen LogP contribution in [0.15, 0.2) is 18.2 Å². The number of benzene rings is 1. The molecule has 1 aromatic rings. The number of aryl methyl sites for hydroxylation is 1. The summed E-state index contributed by atoms with van der Waals surface area (Å²) in [6.45, 7) is 1.97. The zero-order valence-corrected chi connectivity index (χ0v) is 11.6. The van der Waals surface area contributed by atoms with Crippen LogP contribution in [-0.4, -0.2) is 17.0 Å². The third-order valence-electron chi connectivity index (χ3n) is 4.56. The van der Waals surface area contributed by atoms with Crippen LogP contribution in [0, 0.1) is 11.8 Å². The predicted molar refractivity (Wildman–Crippen MR) is 74.3 cm³/mol. The van der Waals surface area contributed by atoms with Gasteiger partial charge in [-0.15, -0.1) is 0 Å². The summed E-state index contributed by atoms with van der Waals surface area (Å²) in [5, 5.41) is 12.0. The van der Waals surface area contributed by atoms with E-state index >= 15 is 0 Å². The third-order valence-corrected chi connectivity index (χ3v) is 4.56. The van der Waals surface area contributed by atoms with E-state index in [4.69, 9.17) is 5.11 Å². The second-order valence-electron chi connectivity index (χ2n) is 6.03. The number of nitrogens with one attached hydrogen (secondary N) is 1. The van der Waals surface area contributed by atoms with Crippen LogP contribution in [0.4, 0.5) is 0 Å². The molecule has 0 saturated carbocycles. The highest BCUT2D eigenvalue weighted by Gasteiger charge is 2.37. The van der Waals surface area contributed by atoms with Crippen molar-refractivity contribution < 1.29 is 14.7 Å². The number of amides is 1. The van der Waals surface area contributed by atoms with Gasteiger partial charge < -0.3 is 10.4 Å². The van der Waals surface area contributed by atoms with Crippen molar-refractivity contribution in [2.24, 2.45) is 11.8 Å². The topological polar surface area (TPSA) is 66.4 Å². The van der Waals surface area contributed by atoms with Gasteiger partial charge in [0, 0.05) is 5.92 Å². The van der Waals surface area contributed by atoms with Crippen LogP contribution < -0.4 is 5.32 Å². The Hall–Kier alpha value is -1.84. The fourth-order valence-electron chi connectivity index (χ4n) is 3.51. The van der Waals surface area contributed by atoms with E-state index in [1.165, 1.54) is 5.56 Å². The van der Waals surface area contributed by atoms with Crippen LogP contribution >= 0.6 is 0 Å². The lowest BCUT2D eigenvalue weighted by atomic mass is 9.73. The minimum atomic E-state index is -0.821. The molecule has 4 nitrogen and oxygen atoms in total. The first-order valence-electron chi connectivity index (χ1n) is 7.18. The molecule has 3 atom stereocenters. The molecule has 4 heteroatoms. The minimum absolute atomic E-state index is 0.0367. The second-order valence-corrected chi connectivity index (χ2v) is 6.03. The molecule has 3 rings (SSSR count). The molecule has 0 unspecified atom stereocenters. The van der Waals surface area contributed by atoms with E-state index < -0.39 is 5.97 Å². The molecule has 1 fully saturated rings. The smallest absolute Gasteiger partial charge is 0.307 e. The van der Waals surface area contributed by atoms with Crippen LogP contribution in [-0.2, 0) is 22.4 Å². The van der Waals surface area contributed by atoms with E-state index in [1.54, 1.807) is 0 Å². The summed E-state index contributed by atoms with van der Waals surface area (Å²) in [5.41, 5.74) is 3.18. The molecule has 1 heterocycles. The van der Waals surface area contributed by atoms with Crippen LogP contribution in [0.3, 0.4) is 0 Å². The maximum Gasteiger partial charge on any atom is 0.307 e. The number of aliphatic carboxylic acids is 1. The van der Waals surface area contributed by atoms with E-state index in [0.29, 0.717) is 5.92 Å². The maximum atomic E-state index is 11.9. The summed E-state index contributed by atoms with van der Waals surface area (Å²) < 4.78 is 0. The van der Waals surface area contributed by atoms with E-state index in [-0.39, 0.29) is 24.3 Å². The van der Waals surface area contributed by atoms with Crippen molar-refractivity contribution in [3.63, 3.8) is 0 Å². The van der Waals surface area contributed by atoms with Crippen molar-refractivity contribution >= 4 is 11.9 Å². The molecular formula is C16H19NO3. The molecule has 2 N–H and O–H groups in total. The molecule has 1 saturated heterocycles. The van der Waals surface area contributed by atoms with E-state index in [9.17, 15) is 9.59 Å². The summed E-state index contributed by atoms with van der Waals surface area (Å²) in [5.74, 6) is -0.142. The number of carboxylic acids is 1. The number of rotatable bonds is 2. The highest BCUT2D eigenvalue weighted by atomic mass is 16.4. The summed E-state index contributed by atoms with van der Waals surface area (Å²) in [7, 11) is 0. The van der Waals surface area contributed by atoms with Crippen molar-refractivity contribution in [3.8, 4) is 0 Å². The molecule has 2 aliphatic rings. The van der Waals surface area contributed by atoms with Gasteiger partial charge in [-0.25, -0.2) is 0 Å². The Kier molecular flexibility index (Phi) is 3.24. The van der Waals surface area contributed by atoms with Gasteiger partial charge in [0.2, 0.25) is 5.91 Å². The summed E-state index contributed by atoms with van der Waals surface area (Å²) >= 11 is 0. The van der Waals surface area contributed by atoms with Gasteiger partial charge in [0.25, 0.3) is 0 Å². The highest BCUT2D eigenvalue weighted by Crippen LogP contribution is 2.41. The van der Waals surface area contributed by atoms with Crippen LogP contribution in [0.2, 0.25) is 0 Å². The Labute approximate surface area is 118 Å². The lowest BCUT2D eigenvalue weighted by Crippen LogP contribution is -2.45. The van der Waals surface area contributed by atoms with E-state index in [2.05, 4.69) is 5.32 Å². The number of fused-ring (bicyclic) bond motifs is 3. The molecule has 0 aromatic heterocycles. The van der Waals surface area contributed by atoms with Gasteiger partial charge in [-0.2, -0.15) is 0 Å². The Morgan fingerprint density at radius 3 is 3.00 bits per heavy atom. The van der Waals surface area contributed by atoms with Crippen molar-refractivity contribution in [1.29, 1.82) is 0 Å². The normalized spacial score (nSPS) is 28.2. The van der Waals surface area contributed by atoms with E-state index in [0.717, 1.165) is 30.4 Å². The first-order chi connectivity index (χ1) is 9.54. The first kappa shape index (κ1) is 13.2. The van der Waals surface area contributed by atoms with E-state index in [1.807, 2.05) is 25.1 Å². The number of hydrogen-bond donors (Lipinski definition) is 2. The fourth-order valence-corrected chi connectivity index (χ4v) is 3.51. The van der Waals surface area contributed by atoms with Crippen molar-refractivity contribution in [3.05, 3.63) is 34.9 Å². The Bertz CT molecular complexity index is 567. The summed E-state index contributed by atoms with van der Waals surface area (Å²) in [6.07, 6.45) is 3.08. The molecule has 0 radical (unpaired) electrons. The molecule has 106 valence electrons. The molecule has 1 amide bonds. The zero-order valence-electron chi connectivity index (χ0n) is 11.6. The zero-order chi connectivity index (χ0) is 14.3. The number of carbonyl (C=O) groups is 2. The molecule has 0 spiro atoms. The maximum absolute atomic E-state index is 11.9.